The highest BCUT2D eigenvalue weighted by atomic mass is 35.5. The molecule has 98 valence electrons. The number of hydrogen-bond acceptors (Lipinski definition) is 1. The number of imidazole rings is 1. The molecule has 0 amide bonds. The Balaban J connectivity index is 2.35. The fourth-order valence-electron chi connectivity index (χ4n) is 2.10. The van der Waals surface area contributed by atoms with Crippen LogP contribution < -0.4 is 0 Å². The normalized spacial score (nSPS) is 12.2. The number of fused-ring (bicyclic) bond motifs is 1. The highest BCUT2D eigenvalue weighted by Gasteiger charge is 2.14. The average molecular weight is 265 g/mol. The van der Waals surface area contributed by atoms with Crippen molar-refractivity contribution in [3.8, 4) is 0 Å². The fraction of sp³-hybridized carbons (Fsp3) is 0.533. The minimum atomic E-state index is 0.337. The molecule has 1 heterocycles. The van der Waals surface area contributed by atoms with Gasteiger partial charge < -0.3 is 4.57 Å². The fourth-order valence-corrected chi connectivity index (χ4v) is 2.27. The van der Waals surface area contributed by atoms with Crippen LogP contribution in [0.5, 0.6) is 0 Å². The van der Waals surface area contributed by atoms with Crippen LogP contribution in [-0.2, 0) is 13.0 Å². The first-order valence-electron chi connectivity index (χ1n) is 6.51. The van der Waals surface area contributed by atoms with E-state index in [1.54, 1.807) is 0 Å². The maximum atomic E-state index is 5.87. The minimum absolute atomic E-state index is 0.337. The molecule has 18 heavy (non-hydrogen) atoms. The number of alkyl halides is 1. The summed E-state index contributed by atoms with van der Waals surface area (Å²) in [5.74, 6) is 1.73. The zero-order valence-electron chi connectivity index (χ0n) is 11.4. The van der Waals surface area contributed by atoms with E-state index in [4.69, 9.17) is 11.6 Å². The summed E-state index contributed by atoms with van der Waals surface area (Å²) in [6, 6.07) is 8.32. The van der Waals surface area contributed by atoms with Crippen LogP contribution in [0.15, 0.2) is 24.3 Å². The molecule has 0 bridgehead atoms. The van der Waals surface area contributed by atoms with Crippen molar-refractivity contribution in [1.29, 1.82) is 0 Å². The molecule has 0 unspecified atom stereocenters. The van der Waals surface area contributed by atoms with Crippen LogP contribution in [0, 0.1) is 5.41 Å². The zero-order valence-corrected chi connectivity index (χ0v) is 12.2. The molecule has 1 aromatic carbocycles. The molecular weight excluding hydrogens is 244 g/mol. The summed E-state index contributed by atoms with van der Waals surface area (Å²) in [6.07, 6.45) is 1.98. The molecule has 0 saturated carbocycles. The Morgan fingerprint density at radius 3 is 2.61 bits per heavy atom. The van der Waals surface area contributed by atoms with Crippen LogP contribution in [0.25, 0.3) is 11.0 Å². The van der Waals surface area contributed by atoms with Gasteiger partial charge >= 0.3 is 0 Å². The molecule has 0 aliphatic heterocycles. The van der Waals surface area contributed by atoms with Gasteiger partial charge in [-0.15, -0.1) is 11.6 Å². The van der Waals surface area contributed by atoms with Gasteiger partial charge in [-0.1, -0.05) is 32.9 Å². The van der Waals surface area contributed by atoms with Crippen LogP contribution in [0.1, 0.15) is 33.0 Å². The second-order valence-corrected chi connectivity index (χ2v) is 6.30. The molecule has 2 nitrogen and oxygen atoms in total. The van der Waals surface area contributed by atoms with Gasteiger partial charge in [0.05, 0.1) is 11.0 Å². The van der Waals surface area contributed by atoms with E-state index in [9.17, 15) is 0 Å². The van der Waals surface area contributed by atoms with Gasteiger partial charge in [0.25, 0.3) is 0 Å². The summed E-state index contributed by atoms with van der Waals surface area (Å²) in [7, 11) is 0. The van der Waals surface area contributed by atoms with Crippen LogP contribution in [0.4, 0.5) is 0 Å². The predicted molar refractivity (Wildman–Crippen MR) is 78.2 cm³/mol. The van der Waals surface area contributed by atoms with Gasteiger partial charge in [-0.3, -0.25) is 0 Å². The molecular formula is C15H21ClN2. The van der Waals surface area contributed by atoms with Crippen LogP contribution in [-0.4, -0.2) is 15.4 Å². The Labute approximate surface area is 114 Å². The standard InChI is InChI=1S/C15H21ClN2/c1-15(2,3)9-11-18-13-7-5-4-6-12(13)17-14(18)8-10-16/h4-7H,8-11H2,1-3H3. The zero-order chi connectivity index (χ0) is 13.2. The van der Waals surface area contributed by atoms with Gasteiger partial charge in [0.1, 0.15) is 5.82 Å². The molecule has 0 atom stereocenters. The molecule has 3 heteroatoms. The van der Waals surface area contributed by atoms with E-state index in [0.717, 1.165) is 30.7 Å². The lowest BCUT2D eigenvalue weighted by Crippen LogP contribution is -2.12. The van der Waals surface area contributed by atoms with Gasteiger partial charge in [0.2, 0.25) is 0 Å². The molecule has 2 aromatic rings. The summed E-state index contributed by atoms with van der Waals surface area (Å²) in [5, 5.41) is 0. The maximum absolute atomic E-state index is 5.87. The topological polar surface area (TPSA) is 17.8 Å². The van der Waals surface area contributed by atoms with Crippen molar-refractivity contribution in [2.45, 2.75) is 40.2 Å². The van der Waals surface area contributed by atoms with Crippen molar-refractivity contribution in [2.75, 3.05) is 5.88 Å². The number of aromatic nitrogens is 2. The molecule has 0 aliphatic carbocycles. The van der Waals surface area contributed by atoms with Gasteiger partial charge in [-0.2, -0.15) is 0 Å². The molecule has 2 rings (SSSR count). The monoisotopic (exact) mass is 264 g/mol. The summed E-state index contributed by atoms with van der Waals surface area (Å²) in [4.78, 5) is 4.68. The van der Waals surface area contributed by atoms with Crippen molar-refractivity contribution < 1.29 is 0 Å². The van der Waals surface area contributed by atoms with E-state index in [2.05, 4.69) is 48.5 Å². The van der Waals surface area contributed by atoms with Crippen molar-refractivity contribution in [3.05, 3.63) is 30.1 Å². The van der Waals surface area contributed by atoms with E-state index >= 15 is 0 Å². The average Bonchev–Trinajstić information content (AvgIpc) is 2.63. The Bertz CT molecular complexity index is 523. The molecule has 1 aromatic heterocycles. The molecule has 0 saturated heterocycles. The van der Waals surface area contributed by atoms with E-state index in [-0.39, 0.29) is 0 Å². The third-order valence-corrected chi connectivity index (χ3v) is 3.33. The first-order valence-corrected chi connectivity index (χ1v) is 7.05. The van der Waals surface area contributed by atoms with Crippen molar-refractivity contribution in [3.63, 3.8) is 0 Å². The second-order valence-electron chi connectivity index (χ2n) is 5.92. The Morgan fingerprint density at radius 1 is 1.22 bits per heavy atom. The van der Waals surface area contributed by atoms with E-state index in [0.29, 0.717) is 11.3 Å². The molecule has 0 radical (unpaired) electrons. The van der Waals surface area contributed by atoms with E-state index in [1.165, 1.54) is 5.52 Å². The smallest absolute Gasteiger partial charge is 0.111 e. The number of benzene rings is 1. The lowest BCUT2D eigenvalue weighted by Gasteiger charge is -2.19. The molecule has 0 N–H and O–H groups in total. The SMILES string of the molecule is CC(C)(C)CCn1c(CCCl)nc2ccccc21. The highest BCUT2D eigenvalue weighted by molar-refractivity contribution is 6.17. The van der Waals surface area contributed by atoms with Crippen molar-refractivity contribution >= 4 is 22.6 Å². The first kappa shape index (κ1) is 13.4. The predicted octanol–water partition coefficient (Wildman–Crippen LogP) is 4.25. The van der Waals surface area contributed by atoms with Gasteiger partial charge in [-0.05, 0) is 24.0 Å². The summed E-state index contributed by atoms with van der Waals surface area (Å²) in [6.45, 7) is 7.82. The van der Waals surface area contributed by atoms with Crippen LogP contribution in [0.2, 0.25) is 0 Å². The summed E-state index contributed by atoms with van der Waals surface area (Å²) < 4.78 is 2.32. The van der Waals surface area contributed by atoms with Crippen LogP contribution >= 0.6 is 11.6 Å². The minimum Gasteiger partial charge on any atom is -0.328 e. The number of halogens is 1. The summed E-state index contributed by atoms with van der Waals surface area (Å²) in [5.41, 5.74) is 2.64. The number of hydrogen-bond donors (Lipinski definition) is 0. The third kappa shape index (κ3) is 3.05. The Kier molecular flexibility index (Phi) is 3.96. The highest BCUT2D eigenvalue weighted by Crippen LogP contribution is 2.23. The van der Waals surface area contributed by atoms with Gasteiger partial charge in [0, 0.05) is 18.8 Å². The molecule has 0 aliphatic rings. The Hall–Kier alpha value is -1.02. The van der Waals surface area contributed by atoms with E-state index < -0.39 is 0 Å². The van der Waals surface area contributed by atoms with Crippen molar-refractivity contribution in [2.24, 2.45) is 5.41 Å². The number of rotatable bonds is 4. The molecule has 0 spiro atoms. The van der Waals surface area contributed by atoms with Crippen molar-refractivity contribution in [1.82, 2.24) is 9.55 Å². The first-order chi connectivity index (χ1) is 8.51. The largest absolute Gasteiger partial charge is 0.328 e. The van der Waals surface area contributed by atoms with Gasteiger partial charge in [-0.25, -0.2) is 4.98 Å². The summed E-state index contributed by atoms with van der Waals surface area (Å²) >= 11 is 5.87. The van der Waals surface area contributed by atoms with Crippen LogP contribution in [0.3, 0.4) is 0 Å². The van der Waals surface area contributed by atoms with E-state index in [1.807, 2.05) is 6.07 Å². The lowest BCUT2D eigenvalue weighted by atomic mass is 9.92. The van der Waals surface area contributed by atoms with Gasteiger partial charge in [0.15, 0.2) is 0 Å². The maximum Gasteiger partial charge on any atom is 0.111 e. The lowest BCUT2D eigenvalue weighted by molar-refractivity contribution is 0.350. The Morgan fingerprint density at radius 2 is 1.94 bits per heavy atom. The number of aryl methyl sites for hydroxylation is 2. The number of para-hydroxylation sites is 2. The molecule has 0 fully saturated rings. The number of nitrogens with zero attached hydrogens (tertiary/aromatic N) is 2. The third-order valence-electron chi connectivity index (χ3n) is 3.14. The quantitative estimate of drug-likeness (QED) is 0.755. The second kappa shape index (κ2) is 5.31.